The van der Waals surface area contributed by atoms with Crippen LogP contribution in [-0.4, -0.2) is 32.6 Å². The summed E-state index contributed by atoms with van der Waals surface area (Å²) in [5.41, 5.74) is 1.28. The van der Waals surface area contributed by atoms with Crippen LogP contribution >= 0.6 is 11.8 Å². The molecule has 2 heterocycles. The number of alkyl halides is 2. The average molecular weight is 397 g/mol. The van der Waals surface area contributed by atoms with Crippen LogP contribution in [0.4, 0.5) is 8.78 Å². The van der Waals surface area contributed by atoms with Crippen LogP contribution in [0.3, 0.4) is 0 Å². The fourth-order valence-corrected chi connectivity index (χ4v) is 3.88. The van der Waals surface area contributed by atoms with Crippen molar-refractivity contribution < 1.29 is 22.7 Å². The molecule has 0 saturated carbocycles. The largest absolute Gasteiger partial charge is 0.497 e. The van der Waals surface area contributed by atoms with Crippen LogP contribution in [0, 0.1) is 0 Å². The Balaban J connectivity index is 1.60. The standard InChI is InChI=1S/C20H25F2NO3S/c1-24-16-4-2-15(3-5-16)20(8-10-25-11-9-20)14-23-12-17-6-7-18(26-17)13-27-19(21)22/h2-7,19,23H,8-14H2,1H3. The summed E-state index contributed by atoms with van der Waals surface area (Å²) in [7, 11) is 1.66. The minimum atomic E-state index is -2.38. The zero-order chi connectivity index (χ0) is 19.1. The normalized spacial score (nSPS) is 16.6. The van der Waals surface area contributed by atoms with Gasteiger partial charge in [-0.05, 0) is 42.7 Å². The topological polar surface area (TPSA) is 43.6 Å². The average Bonchev–Trinajstić information content (AvgIpc) is 3.15. The number of hydrogen-bond acceptors (Lipinski definition) is 5. The molecule has 1 aliphatic rings. The Hall–Kier alpha value is -1.57. The fourth-order valence-electron chi connectivity index (χ4n) is 3.44. The lowest BCUT2D eigenvalue weighted by atomic mass is 9.74. The van der Waals surface area contributed by atoms with Gasteiger partial charge in [-0.15, -0.1) is 0 Å². The number of methoxy groups -OCH3 is 1. The first-order chi connectivity index (χ1) is 13.1. The van der Waals surface area contributed by atoms with Gasteiger partial charge >= 0.3 is 0 Å². The van der Waals surface area contributed by atoms with E-state index in [2.05, 4.69) is 17.4 Å². The van der Waals surface area contributed by atoms with E-state index in [0.29, 0.717) is 24.1 Å². The molecule has 0 atom stereocenters. The first-order valence-corrected chi connectivity index (χ1v) is 10.1. The summed E-state index contributed by atoms with van der Waals surface area (Å²) in [6.07, 6.45) is 1.89. The van der Waals surface area contributed by atoms with E-state index in [-0.39, 0.29) is 11.2 Å². The Morgan fingerprint density at radius 2 is 1.81 bits per heavy atom. The number of hydrogen-bond donors (Lipinski definition) is 1. The SMILES string of the molecule is COc1ccc(C2(CNCc3ccc(CSC(F)F)o3)CCOCC2)cc1. The maximum atomic E-state index is 12.3. The van der Waals surface area contributed by atoms with Crippen molar-refractivity contribution in [3.8, 4) is 5.75 Å². The van der Waals surface area contributed by atoms with E-state index in [0.717, 1.165) is 44.1 Å². The fraction of sp³-hybridized carbons (Fsp3) is 0.500. The quantitative estimate of drug-likeness (QED) is 0.671. The van der Waals surface area contributed by atoms with E-state index in [9.17, 15) is 8.78 Å². The molecule has 1 aromatic heterocycles. The molecule has 7 heteroatoms. The molecule has 2 aromatic rings. The molecule has 1 saturated heterocycles. The van der Waals surface area contributed by atoms with Crippen LogP contribution in [0.5, 0.6) is 5.75 Å². The number of nitrogens with one attached hydrogen (secondary N) is 1. The lowest BCUT2D eigenvalue weighted by Crippen LogP contribution is -2.42. The summed E-state index contributed by atoms with van der Waals surface area (Å²) in [5, 5.41) is 3.48. The maximum absolute atomic E-state index is 12.3. The molecule has 0 aliphatic carbocycles. The van der Waals surface area contributed by atoms with Gasteiger partial charge in [0.25, 0.3) is 5.76 Å². The molecule has 148 valence electrons. The third kappa shape index (κ3) is 5.46. The molecule has 27 heavy (non-hydrogen) atoms. The second kappa shape index (κ2) is 9.57. The molecule has 3 rings (SSSR count). The van der Waals surface area contributed by atoms with Gasteiger partial charge in [-0.25, -0.2) is 0 Å². The predicted octanol–water partition coefficient (Wildman–Crippen LogP) is 4.58. The van der Waals surface area contributed by atoms with Gasteiger partial charge < -0.3 is 19.2 Å². The van der Waals surface area contributed by atoms with Crippen LogP contribution in [0.1, 0.15) is 29.9 Å². The van der Waals surface area contributed by atoms with Crippen LogP contribution < -0.4 is 10.1 Å². The second-order valence-electron chi connectivity index (χ2n) is 6.66. The zero-order valence-corrected chi connectivity index (χ0v) is 16.2. The van der Waals surface area contributed by atoms with Gasteiger partial charge in [0, 0.05) is 25.2 Å². The molecule has 0 bridgehead atoms. The molecule has 0 spiro atoms. The highest BCUT2D eigenvalue weighted by Crippen LogP contribution is 2.35. The van der Waals surface area contributed by atoms with Crippen molar-refractivity contribution in [3.05, 3.63) is 53.5 Å². The van der Waals surface area contributed by atoms with Crippen molar-refractivity contribution in [3.63, 3.8) is 0 Å². The molecule has 1 aliphatic heterocycles. The highest BCUT2D eigenvalue weighted by Gasteiger charge is 2.34. The van der Waals surface area contributed by atoms with Gasteiger partial charge in [-0.3, -0.25) is 0 Å². The molecular formula is C20H25F2NO3S. The highest BCUT2D eigenvalue weighted by atomic mass is 32.2. The van der Waals surface area contributed by atoms with Crippen molar-refractivity contribution in [2.24, 2.45) is 0 Å². The van der Waals surface area contributed by atoms with Crippen molar-refractivity contribution in [2.75, 3.05) is 26.9 Å². The van der Waals surface area contributed by atoms with E-state index >= 15 is 0 Å². The number of benzene rings is 1. The Bertz CT molecular complexity index is 700. The second-order valence-corrected chi connectivity index (χ2v) is 7.64. The number of halogens is 2. The molecular weight excluding hydrogens is 372 g/mol. The zero-order valence-electron chi connectivity index (χ0n) is 15.4. The lowest BCUT2D eigenvalue weighted by Gasteiger charge is -2.38. The summed E-state index contributed by atoms with van der Waals surface area (Å²) >= 11 is 0.572. The Morgan fingerprint density at radius 1 is 1.11 bits per heavy atom. The number of rotatable bonds is 9. The molecule has 0 radical (unpaired) electrons. The number of furan rings is 1. The molecule has 4 nitrogen and oxygen atoms in total. The maximum Gasteiger partial charge on any atom is 0.284 e. The van der Waals surface area contributed by atoms with Crippen LogP contribution in [0.25, 0.3) is 0 Å². The van der Waals surface area contributed by atoms with Gasteiger partial charge in [-0.2, -0.15) is 8.78 Å². The minimum Gasteiger partial charge on any atom is -0.497 e. The van der Waals surface area contributed by atoms with E-state index in [1.807, 2.05) is 18.2 Å². The lowest BCUT2D eigenvalue weighted by molar-refractivity contribution is 0.0496. The van der Waals surface area contributed by atoms with E-state index in [1.54, 1.807) is 13.2 Å². The monoisotopic (exact) mass is 397 g/mol. The Kier molecular flexibility index (Phi) is 7.15. The minimum absolute atomic E-state index is 0.00543. The Labute approximate surface area is 162 Å². The molecule has 1 fully saturated rings. The first kappa shape index (κ1) is 20.2. The third-order valence-electron chi connectivity index (χ3n) is 4.98. The first-order valence-electron chi connectivity index (χ1n) is 9.02. The third-order valence-corrected chi connectivity index (χ3v) is 5.69. The molecule has 1 N–H and O–H groups in total. The van der Waals surface area contributed by atoms with Crippen molar-refractivity contribution in [1.29, 1.82) is 0 Å². The van der Waals surface area contributed by atoms with E-state index in [4.69, 9.17) is 13.9 Å². The van der Waals surface area contributed by atoms with Crippen LogP contribution in [0.2, 0.25) is 0 Å². The Morgan fingerprint density at radius 3 is 2.48 bits per heavy atom. The number of ether oxygens (including phenoxy) is 2. The van der Waals surface area contributed by atoms with E-state index < -0.39 is 5.76 Å². The molecule has 0 unspecified atom stereocenters. The van der Waals surface area contributed by atoms with Crippen molar-refractivity contribution in [1.82, 2.24) is 5.32 Å². The van der Waals surface area contributed by atoms with Crippen LogP contribution in [-0.2, 0) is 22.4 Å². The summed E-state index contributed by atoms with van der Waals surface area (Å²) in [4.78, 5) is 0. The van der Waals surface area contributed by atoms with Gasteiger partial charge in [-0.1, -0.05) is 23.9 Å². The van der Waals surface area contributed by atoms with Gasteiger partial charge in [0.15, 0.2) is 0 Å². The summed E-state index contributed by atoms with van der Waals surface area (Å²) in [6, 6.07) is 11.8. The predicted molar refractivity (Wildman–Crippen MR) is 102 cm³/mol. The number of thioether (sulfide) groups is 1. The van der Waals surface area contributed by atoms with Gasteiger partial charge in [0.2, 0.25) is 0 Å². The highest BCUT2D eigenvalue weighted by molar-refractivity contribution is 7.98. The smallest absolute Gasteiger partial charge is 0.284 e. The summed E-state index contributed by atoms with van der Waals surface area (Å²) in [5.74, 6) is -0.0109. The molecule has 1 aromatic carbocycles. The van der Waals surface area contributed by atoms with Gasteiger partial charge in [0.05, 0.1) is 19.4 Å². The summed E-state index contributed by atoms with van der Waals surface area (Å²) < 4.78 is 41.0. The molecule has 0 amide bonds. The van der Waals surface area contributed by atoms with E-state index in [1.165, 1.54) is 5.56 Å². The van der Waals surface area contributed by atoms with Crippen LogP contribution in [0.15, 0.2) is 40.8 Å². The van der Waals surface area contributed by atoms with Crippen molar-refractivity contribution >= 4 is 11.8 Å². The van der Waals surface area contributed by atoms with Gasteiger partial charge in [0.1, 0.15) is 17.3 Å². The van der Waals surface area contributed by atoms with Crippen molar-refractivity contribution in [2.45, 2.75) is 36.3 Å². The summed E-state index contributed by atoms with van der Waals surface area (Å²) in [6.45, 7) is 2.84.